The summed E-state index contributed by atoms with van der Waals surface area (Å²) in [5, 5.41) is 4.48. The predicted octanol–water partition coefficient (Wildman–Crippen LogP) is 3.78. The fourth-order valence-electron chi connectivity index (χ4n) is 2.47. The average molecular weight is 292 g/mol. The molecule has 0 spiro atoms. The Balaban J connectivity index is 1.77. The Kier molecular flexibility index (Phi) is 4.19. The molecule has 0 saturated carbocycles. The molecule has 0 bridgehead atoms. The molecule has 0 aliphatic heterocycles. The van der Waals surface area contributed by atoms with Gasteiger partial charge < -0.3 is 11.1 Å². The van der Waals surface area contributed by atoms with E-state index in [9.17, 15) is 0 Å². The molecule has 2 heterocycles. The number of aromatic nitrogens is 2. The second kappa shape index (κ2) is 6.43. The van der Waals surface area contributed by atoms with Crippen LogP contribution in [-0.2, 0) is 13.0 Å². The fraction of sp³-hybridized carbons (Fsp3) is 0.222. The lowest BCUT2D eigenvalue weighted by Crippen LogP contribution is -2.06. The first-order valence-electron chi connectivity index (χ1n) is 7.59. The van der Waals surface area contributed by atoms with Gasteiger partial charge in [0.2, 0.25) is 0 Å². The third-order valence-corrected chi connectivity index (χ3v) is 3.62. The van der Waals surface area contributed by atoms with Crippen LogP contribution in [0, 0.1) is 0 Å². The van der Waals surface area contributed by atoms with Gasteiger partial charge in [0.25, 0.3) is 0 Å². The fourth-order valence-corrected chi connectivity index (χ4v) is 2.47. The minimum atomic E-state index is 0.683. The largest absolute Gasteiger partial charge is 0.396 e. The summed E-state index contributed by atoms with van der Waals surface area (Å²) in [7, 11) is 0. The Morgan fingerprint density at radius 3 is 2.91 bits per heavy atom. The molecular weight excluding hydrogens is 272 g/mol. The maximum absolute atomic E-state index is 6.01. The molecule has 0 aliphatic rings. The molecule has 0 aliphatic carbocycles. The van der Waals surface area contributed by atoms with Gasteiger partial charge in [-0.15, -0.1) is 0 Å². The van der Waals surface area contributed by atoms with Crippen LogP contribution >= 0.6 is 0 Å². The van der Waals surface area contributed by atoms with Gasteiger partial charge in [0.15, 0.2) is 0 Å². The number of nitrogens with zero attached hydrogens (tertiary/aromatic N) is 2. The predicted molar refractivity (Wildman–Crippen MR) is 91.7 cm³/mol. The molecular formula is C18H20N4. The number of anilines is 2. The van der Waals surface area contributed by atoms with Crippen molar-refractivity contribution in [3.05, 3.63) is 59.9 Å². The second-order valence-electron chi connectivity index (χ2n) is 5.37. The monoisotopic (exact) mass is 292 g/mol. The molecule has 0 unspecified atom stereocenters. The Morgan fingerprint density at radius 2 is 2.05 bits per heavy atom. The van der Waals surface area contributed by atoms with E-state index < -0.39 is 0 Å². The van der Waals surface area contributed by atoms with Crippen LogP contribution in [0.1, 0.15) is 24.6 Å². The van der Waals surface area contributed by atoms with Crippen molar-refractivity contribution in [2.45, 2.75) is 26.3 Å². The van der Waals surface area contributed by atoms with Gasteiger partial charge in [-0.3, -0.25) is 4.98 Å². The summed E-state index contributed by atoms with van der Waals surface area (Å²) in [5.74, 6) is 0.761. The summed E-state index contributed by atoms with van der Waals surface area (Å²) in [4.78, 5) is 8.92. The first-order chi connectivity index (χ1) is 10.8. The lowest BCUT2D eigenvalue weighted by molar-refractivity contribution is 0.882. The number of aryl methyl sites for hydroxylation is 1. The van der Waals surface area contributed by atoms with E-state index in [0.29, 0.717) is 12.2 Å². The number of pyridine rings is 2. The Bertz CT molecular complexity index is 783. The summed E-state index contributed by atoms with van der Waals surface area (Å²) >= 11 is 0. The maximum Gasteiger partial charge on any atom is 0.149 e. The van der Waals surface area contributed by atoms with E-state index >= 15 is 0 Å². The number of rotatable bonds is 5. The average Bonchev–Trinajstić information content (AvgIpc) is 2.55. The van der Waals surface area contributed by atoms with Crippen molar-refractivity contribution in [3.63, 3.8) is 0 Å². The highest BCUT2D eigenvalue weighted by Crippen LogP contribution is 2.19. The highest BCUT2D eigenvalue weighted by Gasteiger charge is 2.03. The molecule has 4 nitrogen and oxygen atoms in total. The van der Waals surface area contributed by atoms with Crippen molar-refractivity contribution in [1.29, 1.82) is 0 Å². The maximum atomic E-state index is 6.01. The Hall–Kier alpha value is -2.62. The van der Waals surface area contributed by atoms with Crippen LogP contribution in [0.2, 0.25) is 0 Å². The molecule has 0 amide bonds. The van der Waals surface area contributed by atoms with Crippen molar-refractivity contribution >= 4 is 22.4 Å². The Labute approximate surface area is 130 Å². The van der Waals surface area contributed by atoms with Crippen molar-refractivity contribution in [1.82, 2.24) is 9.97 Å². The highest BCUT2D eigenvalue weighted by molar-refractivity contribution is 5.79. The Morgan fingerprint density at radius 1 is 1.14 bits per heavy atom. The summed E-state index contributed by atoms with van der Waals surface area (Å²) in [6.07, 6.45) is 3.86. The zero-order valence-corrected chi connectivity index (χ0v) is 12.7. The molecule has 3 N–H and O–H groups in total. The van der Waals surface area contributed by atoms with Gasteiger partial charge in [-0.25, -0.2) is 4.98 Å². The third-order valence-electron chi connectivity index (χ3n) is 3.62. The number of hydrogen-bond donors (Lipinski definition) is 2. The van der Waals surface area contributed by atoms with Crippen LogP contribution in [0.3, 0.4) is 0 Å². The van der Waals surface area contributed by atoms with E-state index in [-0.39, 0.29) is 0 Å². The van der Waals surface area contributed by atoms with Gasteiger partial charge >= 0.3 is 0 Å². The lowest BCUT2D eigenvalue weighted by atomic mass is 10.1. The number of benzene rings is 1. The first kappa shape index (κ1) is 14.3. The van der Waals surface area contributed by atoms with Crippen molar-refractivity contribution < 1.29 is 0 Å². The van der Waals surface area contributed by atoms with Crippen LogP contribution in [0.5, 0.6) is 0 Å². The van der Waals surface area contributed by atoms with E-state index in [4.69, 9.17) is 5.73 Å². The van der Waals surface area contributed by atoms with E-state index in [1.165, 1.54) is 5.56 Å². The van der Waals surface area contributed by atoms with E-state index in [0.717, 1.165) is 35.3 Å². The molecule has 0 fully saturated rings. The van der Waals surface area contributed by atoms with Crippen LogP contribution in [0.25, 0.3) is 10.9 Å². The molecule has 1 aromatic carbocycles. The van der Waals surface area contributed by atoms with Gasteiger partial charge in [-0.1, -0.05) is 25.5 Å². The van der Waals surface area contributed by atoms with E-state index in [1.54, 1.807) is 0 Å². The first-order valence-corrected chi connectivity index (χ1v) is 7.59. The number of nitrogens with one attached hydrogen (secondary N) is 1. The molecule has 3 rings (SSSR count). The second-order valence-corrected chi connectivity index (χ2v) is 5.37. The minimum Gasteiger partial charge on any atom is -0.396 e. The van der Waals surface area contributed by atoms with Crippen LogP contribution in [0.15, 0.2) is 48.7 Å². The topological polar surface area (TPSA) is 63.8 Å². The van der Waals surface area contributed by atoms with Crippen LogP contribution in [-0.4, -0.2) is 9.97 Å². The van der Waals surface area contributed by atoms with Gasteiger partial charge in [-0.05, 0) is 42.3 Å². The normalized spacial score (nSPS) is 10.8. The third kappa shape index (κ3) is 3.17. The summed E-state index contributed by atoms with van der Waals surface area (Å²) < 4.78 is 0. The lowest BCUT2D eigenvalue weighted by Gasteiger charge is -2.10. The van der Waals surface area contributed by atoms with Crippen LogP contribution < -0.4 is 11.1 Å². The molecule has 0 atom stereocenters. The molecule has 2 aromatic heterocycles. The molecule has 4 heteroatoms. The van der Waals surface area contributed by atoms with Gasteiger partial charge in [-0.2, -0.15) is 0 Å². The number of nitrogen functional groups attached to an aromatic ring is 1. The quantitative estimate of drug-likeness (QED) is 0.751. The molecule has 0 radical (unpaired) electrons. The zero-order chi connectivity index (χ0) is 15.4. The smallest absolute Gasteiger partial charge is 0.149 e. The van der Waals surface area contributed by atoms with Crippen LogP contribution in [0.4, 0.5) is 11.5 Å². The number of hydrogen-bond acceptors (Lipinski definition) is 4. The summed E-state index contributed by atoms with van der Waals surface area (Å²) in [6.45, 7) is 2.84. The van der Waals surface area contributed by atoms with E-state index in [1.807, 2.05) is 30.5 Å². The molecule has 0 saturated heterocycles. The van der Waals surface area contributed by atoms with Gasteiger partial charge in [0.05, 0.1) is 11.2 Å². The molecule has 22 heavy (non-hydrogen) atoms. The minimum absolute atomic E-state index is 0.683. The standard InChI is InChI=1S/C18H20N4/c1-2-4-15-7-8-16(19)18(22-15)21-12-13-6-9-17-14(11-13)5-3-10-20-17/h3,5-11H,2,4,12,19H2,1H3,(H,21,22). The number of fused-ring (bicyclic) bond motifs is 1. The molecule has 112 valence electrons. The van der Waals surface area contributed by atoms with Crippen molar-refractivity contribution in [2.75, 3.05) is 11.1 Å². The summed E-state index contributed by atoms with van der Waals surface area (Å²) in [6, 6.07) is 14.2. The van der Waals surface area contributed by atoms with E-state index in [2.05, 4.69) is 40.4 Å². The van der Waals surface area contributed by atoms with Crippen molar-refractivity contribution in [3.8, 4) is 0 Å². The summed E-state index contributed by atoms with van der Waals surface area (Å²) in [5.41, 5.74) is 9.95. The van der Waals surface area contributed by atoms with Crippen molar-refractivity contribution in [2.24, 2.45) is 0 Å². The SMILES string of the molecule is CCCc1ccc(N)c(NCc2ccc3ncccc3c2)n1. The highest BCUT2D eigenvalue weighted by atomic mass is 15.0. The zero-order valence-electron chi connectivity index (χ0n) is 12.7. The molecule has 3 aromatic rings. The van der Waals surface area contributed by atoms with Gasteiger partial charge in [0.1, 0.15) is 5.82 Å². The van der Waals surface area contributed by atoms with Gasteiger partial charge in [0, 0.05) is 23.8 Å². The number of nitrogens with two attached hydrogens (primary N) is 1.